The van der Waals surface area contributed by atoms with E-state index in [1.807, 2.05) is 6.92 Å². The number of aromatic hydroxyl groups is 1. The van der Waals surface area contributed by atoms with Gasteiger partial charge in [0.2, 0.25) is 0 Å². The molecular formula is C14H13BrN2O2. The number of rotatable bonds is 2. The van der Waals surface area contributed by atoms with Crippen molar-refractivity contribution < 1.29 is 9.90 Å². The Morgan fingerprint density at radius 1 is 1.26 bits per heavy atom. The second kappa shape index (κ2) is 5.40. The Balaban J connectivity index is 2.24. The summed E-state index contributed by atoms with van der Waals surface area (Å²) in [5.41, 5.74) is 2.69. The summed E-state index contributed by atoms with van der Waals surface area (Å²) in [7, 11) is 0. The second-order valence-electron chi connectivity index (χ2n) is 4.28. The molecule has 0 saturated carbocycles. The minimum Gasteiger partial charge on any atom is -0.508 e. The fraction of sp³-hybridized carbons (Fsp3) is 0.143. The van der Waals surface area contributed by atoms with Gasteiger partial charge in [-0.1, -0.05) is 0 Å². The lowest BCUT2D eigenvalue weighted by Gasteiger charge is -2.10. The number of hydrogen-bond donors (Lipinski definition) is 2. The van der Waals surface area contributed by atoms with Crippen LogP contribution in [0.5, 0.6) is 5.75 Å². The molecule has 0 aliphatic carbocycles. The van der Waals surface area contributed by atoms with Crippen LogP contribution in [0.2, 0.25) is 0 Å². The summed E-state index contributed by atoms with van der Waals surface area (Å²) in [6.45, 7) is 3.61. The number of carbonyl (C=O) groups excluding carboxylic acids is 1. The van der Waals surface area contributed by atoms with Crippen molar-refractivity contribution in [2.45, 2.75) is 13.8 Å². The van der Waals surface area contributed by atoms with E-state index < -0.39 is 0 Å². The Bertz CT molecular complexity index is 624. The largest absolute Gasteiger partial charge is 0.508 e. The van der Waals surface area contributed by atoms with E-state index in [1.54, 1.807) is 31.2 Å². The summed E-state index contributed by atoms with van der Waals surface area (Å²) in [6.07, 6.45) is 1.50. The van der Waals surface area contributed by atoms with Crippen molar-refractivity contribution >= 4 is 27.5 Å². The maximum Gasteiger partial charge on any atom is 0.257 e. The van der Waals surface area contributed by atoms with Gasteiger partial charge in [-0.05, 0) is 65.2 Å². The van der Waals surface area contributed by atoms with Gasteiger partial charge < -0.3 is 10.4 Å². The van der Waals surface area contributed by atoms with Crippen molar-refractivity contribution in [2.24, 2.45) is 0 Å². The van der Waals surface area contributed by atoms with Crippen LogP contribution in [0, 0.1) is 13.8 Å². The average Bonchev–Trinajstić information content (AvgIpc) is 2.36. The lowest BCUT2D eigenvalue weighted by atomic mass is 10.1. The van der Waals surface area contributed by atoms with Crippen LogP contribution >= 0.6 is 15.9 Å². The first-order chi connectivity index (χ1) is 8.97. The molecule has 98 valence electrons. The van der Waals surface area contributed by atoms with Gasteiger partial charge in [0.25, 0.3) is 5.91 Å². The van der Waals surface area contributed by atoms with Gasteiger partial charge in [0.1, 0.15) is 10.4 Å². The van der Waals surface area contributed by atoms with E-state index >= 15 is 0 Å². The molecule has 1 amide bonds. The van der Waals surface area contributed by atoms with Crippen LogP contribution in [-0.2, 0) is 0 Å². The zero-order valence-corrected chi connectivity index (χ0v) is 12.2. The van der Waals surface area contributed by atoms with Crippen molar-refractivity contribution in [2.75, 3.05) is 5.32 Å². The number of pyridine rings is 1. The molecule has 1 heterocycles. The third kappa shape index (κ3) is 3.12. The summed E-state index contributed by atoms with van der Waals surface area (Å²) < 4.78 is 0.681. The SMILES string of the molecule is Cc1cc(NC(=O)c2ccc(Br)nc2)c(C)cc1O. The normalized spacial score (nSPS) is 10.3. The van der Waals surface area contributed by atoms with Crippen molar-refractivity contribution in [3.8, 4) is 5.75 Å². The van der Waals surface area contributed by atoms with E-state index in [0.29, 0.717) is 15.9 Å². The molecule has 5 heteroatoms. The Kier molecular flexibility index (Phi) is 3.85. The standard InChI is InChI=1S/C14H13BrN2O2/c1-8-6-12(18)9(2)5-11(8)17-14(19)10-3-4-13(15)16-7-10/h3-7,18H,1-2H3,(H,17,19). The molecule has 1 aromatic heterocycles. The molecule has 0 radical (unpaired) electrons. The second-order valence-corrected chi connectivity index (χ2v) is 5.09. The Hall–Kier alpha value is -1.88. The summed E-state index contributed by atoms with van der Waals surface area (Å²) in [6, 6.07) is 6.78. The van der Waals surface area contributed by atoms with E-state index in [1.165, 1.54) is 6.20 Å². The zero-order chi connectivity index (χ0) is 14.0. The van der Waals surface area contributed by atoms with Gasteiger partial charge in [0, 0.05) is 11.9 Å². The van der Waals surface area contributed by atoms with Gasteiger partial charge in [-0.25, -0.2) is 4.98 Å². The van der Waals surface area contributed by atoms with Crippen LogP contribution in [0.3, 0.4) is 0 Å². The molecule has 4 nitrogen and oxygen atoms in total. The third-order valence-corrected chi connectivity index (χ3v) is 3.25. The molecular weight excluding hydrogens is 308 g/mol. The summed E-state index contributed by atoms with van der Waals surface area (Å²) >= 11 is 3.22. The highest BCUT2D eigenvalue weighted by molar-refractivity contribution is 9.10. The highest BCUT2D eigenvalue weighted by atomic mass is 79.9. The van der Waals surface area contributed by atoms with Crippen LogP contribution in [-0.4, -0.2) is 16.0 Å². The van der Waals surface area contributed by atoms with Crippen molar-refractivity contribution in [3.05, 3.63) is 51.8 Å². The van der Waals surface area contributed by atoms with Crippen LogP contribution in [0.15, 0.2) is 35.1 Å². The lowest BCUT2D eigenvalue weighted by molar-refractivity contribution is 0.102. The number of nitrogens with zero attached hydrogens (tertiary/aromatic N) is 1. The average molecular weight is 321 g/mol. The molecule has 19 heavy (non-hydrogen) atoms. The molecule has 1 aromatic carbocycles. The van der Waals surface area contributed by atoms with Crippen LogP contribution < -0.4 is 5.32 Å². The molecule has 0 atom stereocenters. The van der Waals surface area contributed by atoms with Gasteiger partial charge in [-0.2, -0.15) is 0 Å². The van der Waals surface area contributed by atoms with Gasteiger partial charge in [0.15, 0.2) is 0 Å². The van der Waals surface area contributed by atoms with E-state index in [0.717, 1.165) is 11.1 Å². The predicted molar refractivity (Wildman–Crippen MR) is 77.5 cm³/mol. The number of phenolic OH excluding ortho intramolecular Hbond substituents is 1. The van der Waals surface area contributed by atoms with Gasteiger partial charge >= 0.3 is 0 Å². The highest BCUT2D eigenvalue weighted by Crippen LogP contribution is 2.25. The van der Waals surface area contributed by atoms with Crippen LogP contribution in [0.1, 0.15) is 21.5 Å². The molecule has 2 N–H and O–H groups in total. The number of amides is 1. The Labute approximate surface area is 119 Å². The Morgan fingerprint density at radius 2 is 2.00 bits per heavy atom. The van der Waals surface area contributed by atoms with Crippen LogP contribution in [0.4, 0.5) is 5.69 Å². The first kappa shape index (κ1) is 13.5. The number of aryl methyl sites for hydroxylation is 2. The molecule has 2 aromatic rings. The Morgan fingerprint density at radius 3 is 2.63 bits per heavy atom. The van der Waals surface area contributed by atoms with Crippen molar-refractivity contribution in [1.82, 2.24) is 4.98 Å². The van der Waals surface area contributed by atoms with Crippen molar-refractivity contribution in [1.29, 1.82) is 0 Å². The lowest BCUT2D eigenvalue weighted by Crippen LogP contribution is -2.13. The summed E-state index contributed by atoms with van der Waals surface area (Å²) in [5, 5.41) is 12.4. The number of phenols is 1. The molecule has 0 aliphatic heterocycles. The first-order valence-corrected chi connectivity index (χ1v) is 6.50. The van der Waals surface area contributed by atoms with Crippen LogP contribution in [0.25, 0.3) is 0 Å². The van der Waals surface area contributed by atoms with E-state index in [4.69, 9.17) is 0 Å². The van der Waals surface area contributed by atoms with E-state index in [9.17, 15) is 9.90 Å². The van der Waals surface area contributed by atoms with E-state index in [-0.39, 0.29) is 11.7 Å². The minimum atomic E-state index is -0.229. The number of benzene rings is 1. The smallest absolute Gasteiger partial charge is 0.257 e. The molecule has 2 rings (SSSR count). The number of halogens is 1. The molecule has 0 saturated heterocycles. The maximum absolute atomic E-state index is 12.0. The van der Waals surface area contributed by atoms with E-state index in [2.05, 4.69) is 26.2 Å². The number of hydrogen-bond acceptors (Lipinski definition) is 3. The summed E-state index contributed by atoms with van der Waals surface area (Å²) in [4.78, 5) is 16.1. The number of anilines is 1. The molecule has 0 fully saturated rings. The third-order valence-electron chi connectivity index (χ3n) is 2.78. The van der Waals surface area contributed by atoms with Gasteiger partial charge in [-0.3, -0.25) is 4.79 Å². The number of nitrogens with one attached hydrogen (secondary N) is 1. The highest BCUT2D eigenvalue weighted by Gasteiger charge is 2.09. The molecule has 0 spiro atoms. The number of aromatic nitrogens is 1. The van der Waals surface area contributed by atoms with Gasteiger partial charge in [-0.15, -0.1) is 0 Å². The molecule has 0 aliphatic rings. The summed E-state index contributed by atoms with van der Waals surface area (Å²) in [5.74, 6) is -0.00556. The zero-order valence-electron chi connectivity index (χ0n) is 10.6. The number of carbonyl (C=O) groups is 1. The quantitative estimate of drug-likeness (QED) is 0.658. The molecule has 0 bridgehead atoms. The first-order valence-electron chi connectivity index (χ1n) is 5.70. The maximum atomic E-state index is 12.0. The fourth-order valence-electron chi connectivity index (χ4n) is 1.64. The fourth-order valence-corrected chi connectivity index (χ4v) is 1.87. The van der Waals surface area contributed by atoms with Gasteiger partial charge in [0.05, 0.1) is 5.56 Å². The monoisotopic (exact) mass is 320 g/mol. The predicted octanol–water partition coefficient (Wildman–Crippen LogP) is 3.42. The van der Waals surface area contributed by atoms with Crippen molar-refractivity contribution in [3.63, 3.8) is 0 Å². The topological polar surface area (TPSA) is 62.2 Å². The minimum absolute atomic E-state index is 0.223. The molecule has 0 unspecified atom stereocenters.